The van der Waals surface area contributed by atoms with Crippen molar-refractivity contribution >= 4 is 21.6 Å². The Morgan fingerprint density at radius 2 is 1.62 bits per heavy atom. The molecule has 0 radical (unpaired) electrons. The molecule has 2 aromatic heterocycles. The standard InChI is InChI=1S/C19H26N6S/c1-2-17-14-25(13-12-23(17)9-1)19-22-21-18(26-19)24-10-5-16(6-11-24)15-3-7-20-8-4-15/h3-4,7-8,16-17H,1-2,5-6,9-14H2/t17-/m0/s1. The lowest BCUT2D eigenvalue weighted by molar-refractivity contribution is 0.231. The number of pyridine rings is 1. The van der Waals surface area contributed by atoms with E-state index >= 15 is 0 Å². The first kappa shape index (κ1) is 16.4. The molecule has 3 aliphatic rings. The SMILES string of the molecule is c1cc(C2CCN(c3nnc(N4CCN5CCC[C@H]5C4)s3)CC2)ccn1. The average molecular weight is 371 g/mol. The molecule has 0 aromatic carbocycles. The van der Waals surface area contributed by atoms with Crippen LogP contribution in [0.5, 0.6) is 0 Å². The van der Waals surface area contributed by atoms with Crippen LogP contribution in [0.3, 0.4) is 0 Å². The molecular formula is C19H26N6S. The zero-order valence-electron chi connectivity index (χ0n) is 15.1. The highest BCUT2D eigenvalue weighted by Gasteiger charge is 2.32. The summed E-state index contributed by atoms with van der Waals surface area (Å²) in [4.78, 5) is 11.7. The van der Waals surface area contributed by atoms with Gasteiger partial charge in [0, 0.05) is 51.2 Å². The summed E-state index contributed by atoms with van der Waals surface area (Å²) in [7, 11) is 0. The maximum absolute atomic E-state index is 4.53. The summed E-state index contributed by atoms with van der Waals surface area (Å²) in [5.41, 5.74) is 1.42. The van der Waals surface area contributed by atoms with Gasteiger partial charge in [0.15, 0.2) is 0 Å². The normalized spacial score (nSPS) is 24.8. The van der Waals surface area contributed by atoms with E-state index in [9.17, 15) is 0 Å². The van der Waals surface area contributed by atoms with Crippen LogP contribution in [-0.4, -0.2) is 65.4 Å². The third-order valence-electron chi connectivity index (χ3n) is 6.20. The van der Waals surface area contributed by atoms with E-state index in [0.717, 1.165) is 42.5 Å². The summed E-state index contributed by atoms with van der Waals surface area (Å²) in [6, 6.07) is 5.05. The molecule has 26 heavy (non-hydrogen) atoms. The number of anilines is 2. The van der Waals surface area contributed by atoms with Gasteiger partial charge in [-0.15, -0.1) is 10.2 Å². The van der Waals surface area contributed by atoms with Crippen molar-refractivity contribution in [3.8, 4) is 0 Å². The van der Waals surface area contributed by atoms with E-state index in [0.29, 0.717) is 5.92 Å². The molecule has 2 aromatic rings. The monoisotopic (exact) mass is 370 g/mol. The topological polar surface area (TPSA) is 48.4 Å². The molecule has 138 valence electrons. The number of nitrogens with zero attached hydrogens (tertiary/aromatic N) is 6. The maximum Gasteiger partial charge on any atom is 0.210 e. The molecule has 0 bridgehead atoms. The number of aromatic nitrogens is 3. The second-order valence-corrected chi connectivity index (χ2v) is 8.62. The van der Waals surface area contributed by atoms with E-state index in [4.69, 9.17) is 0 Å². The van der Waals surface area contributed by atoms with Crippen LogP contribution in [0.4, 0.5) is 10.3 Å². The largest absolute Gasteiger partial charge is 0.347 e. The quantitative estimate of drug-likeness (QED) is 0.828. The van der Waals surface area contributed by atoms with Gasteiger partial charge in [-0.25, -0.2) is 0 Å². The molecule has 5 rings (SSSR count). The van der Waals surface area contributed by atoms with Crippen molar-refractivity contribution in [3.05, 3.63) is 30.1 Å². The Morgan fingerprint density at radius 1 is 0.846 bits per heavy atom. The van der Waals surface area contributed by atoms with Crippen LogP contribution in [0.2, 0.25) is 0 Å². The fourth-order valence-corrected chi connectivity index (χ4v) is 5.60. The van der Waals surface area contributed by atoms with Gasteiger partial charge < -0.3 is 9.80 Å². The minimum absolute atomic E-state index is 0.650. The number of piperidine rings is 1. The van der Waals surface area contributed by atoms with Crippen molar-refractivity contribution in [2.24, 2.45) is 0 Å². The van der Waals surface area contributed by atoms with Crippen molar-refractivity contribution in [2.75, 3.05) is 49.1 Å². The molecule has 0 aliphatic carbocycles. The molecule has 0 N–H and O–H groups in total. The summed E-state index contributed by atoms with van der Waals surface area (Å²) in [5, 5.41) is 11.3. The Hall–Kier alpha value is -1.73. The Balaban J connectivity index is 1.21. The zero-order chi connectivity index (χ0) is 17.3. The second kappa shape index (κ2) is 7.12. The van der Waals surface area contributed by atoms with Gasteiger partial charge in [0.1, 0.15) is 0 Å². The maximum atomic E-state index is 4.53. The molecule has 0 spiro atoms. The molecule has 7 heteroatoms. The fraction of sp³-hybridized carbons (Fsp3) is 0.632. The lowest BCUT2D eigenvalue weighted by Crippen LogP contribution is -2.50. The van der Waals surface area contributed by atoms with Gasteiger partial charge in [0.25, 0.3) is 0 Å². The Bertz CT molecular complexity index is 727. The van der Waals surface area contributed by atoms with Gasteiger partial charge in [-0.2, -0.15) is 0 Å². The number of hydrogen-bond acceptors (Lipinski definition) is 7. The summed E-state index contributed by atoms with van der Waals surface area (Å²) < 4.78 is 0. The van der Waals surface area contributed by atoms with Crippen LogP contribution >= 0.6 is 11.3 Å². The highest BCUT2D eigenvalue weighted by molar-refractivity contribution is 7.19. The molecule has 6 nitrogen and oxygen atoms in total. The molecule has 3 fully saturated rings. The summed E-state index contributed by atoms with van der Waals surface area (Å²) in [6.45, 7) is 6.81. The Morgan fingerprint density at radius 3 is 2.42 bits per heavy atom. The van der Waals surface area contributed by atoms with E-state index in [1.807, 2.05) is 12.4 Å². The Labute approximate surface area is 158 Å². The molecule has 5 heterocycles. The van der Waals surface area contributed by atoms with Crippen LogP contribution in [-0.2, 0) is 0 Å². The first-order chi connectivity index (χ1) is 12.9. The molecule has 0 saturated carbocycles. The van der Waals surface area contributed by atoms with E-state index in [2.05, 4.69) is 42.0 Å². The number of piperazine rings is 1. The second-order valence-electron chi connectivity index (χ2n) is 7.69. The van der Waals surface area contributed by atoms with Crippen molar-refractivity contribution in [1.82, 2.24) is 20.1 Å². The van der Waals surface area contributed by atoms with Gasteiger partial charge in [-0.1, -0.05) is 11.3 Å². The van der Waals surface area contributed by atoms with Crippen LogP contribution < -0.4 is 9.80 Å². The highest BCUT2D eigenvalue weighted by Crippen LogP contribution is 2.34. The molecule has 0 unspecified atom stereocenters. The van der Waals surface area contributed by atoms with E-state index < -0.39 is 0 Å². The van der Waals surface area contributed by atoms with E-state index in [1.165, 1.54) is 44.3 Å². The van der Waals surface area contributed by atoms with Gasteiger partial charge >= 0.3 is 0 Å². The third kappa shape index (κ3) is 3.18. The number of rotatable bonds is 3. The van der Waals surface area contributed by atoms with Crippen molar-refractivity contribution < 1.29 is 0 Å². The minimum atomic E-state index is 0.650. The lowest BCUT2D eigenvalue weighted by Gasteiger charge is -2.37. The Kier molecular flexibility index (Phi) is 4.50. The van der Waals surface area contributed by atoms with Gasteiger partial charge in [-0.3, -0.25) is 9.88 Å². The predicted molar refractivity (Wildman–Crippen MR) is 105 cm³/mol. The van der Waals surface area contributed by atoms with Gasteiger partial charge in [0.05, 0.1) is 0 Å². The van der Waals surface area contributed by atoms with Gasteiger partial charge in [0.2, 0.25) is 10.3 Å². The molecular weight excluding hydrogens is 344 g/mol. The van der Waals surface area contributed by atoms with Crippen LogP contribution in [0.15, 0.2) is 24.5 Å². The molecule has 3 aliphatic heterocycles. The lowest BCUT2D eigenvalue weighted by atomic mass is 9.90. The molecule has 0 amide bonds. The fourth-order valence-electron chi connectivity index (χ4n) is 4.67. The van der Waals surface area contributed by atoms with E-state index in [-0.39, 0.29) is 0 Å². The smallest absolute Gasteiger partial charge is 0.210 e. The third-order valence-corrected chi connectivity index (χ3v) is 7.25. The van der Waals surface area contributed by atoms with Crippen molar-refractivity contribution in [1.29, 1.82) is 0 Å². The first-order valence-electron chi connectivity index (χ1n) is 9.84. The summed E-state index contributed by atoms with van der Waals surface area (Å²) in [6.07, 6.45) is 8.86. The number of fused-ring (bicyclic) bond motifs is 1. The zero-order valence-corrected chi connectivity index (χ0v) is 15.9. The van der Waals surface area contributed by atoms with Gasteiger partial charge in [-0.05, 0) is 55.8 Å². The first-order valence-corrected chi connectivity index (χ1v) is 10.7. The molecule has 3 saturated heterocycles. The van der Waals surface area contributed by atoms with Crippen LogP contribution in [0, 0.1) is 0 Å². The summed E-state index contributed by atoms with van der Waals surface area (Å²) >= 11 is 1.78. The van der Waals surface area contributed by atoms with Crippen LogP contribution in [0.25, 0.3) is 0 Å². The number of hydrogen-bond donors (Lipinski definition) is 0. The van der Waals surface area contributed by atoms with Crippen LogP contribution in [0.1, 0.15) is 37.2 Å². The summed E-state index contributed by atoms with van der Waals surface area (Å²) in [5.74, 6) is 0.650. The minimum Gasteiger partial charge on any atom is -0.347 e. The van der Waals surface area contributed by atoms with Crippen molar-refractivity contribution in [3.63, 3.8) is 0 Å². The predicted octanol–water partition coefficient (Wildman–Crippen LogP) is 2.60. The molecule has 1 atom stereocenters. The highest BCUT2D eigenvalue weighted by atomic mass is 32.1. The van der Waals surface area contributed by atoms with Crippen molar-refractivity contribution in [2.45, 2.75) is 37.6 Å². The van der Waals surface area contributed by atoms with E-state index in [1.54, 1.807) is 11.3 Å². The average Bonchev–Trinajstić information content (AvgIpc) is 3.38.